The summed E-state index contributed by atoms with van der Waals surface area (Å²) in [5.41, 5.74) is 1.84. The Hall–Kier alpha value is -2.14. The number of carbonyl (C=O) groups is 2. The molecule has 2 rings (SSSR count). The highest BCUT2D eigenvalue weighted by Crippen LogP contribution is 2.26. The van der Waals surface area contributed by atoms with Crippen LogP contribution < -0.4 is 0 Å². The van der Waals surface area contributed by atoms with Crippen molar-refractivity contribution in [3.63, 3.8) is 0 Å². The predicted molar refractivity (Wildman–Crippen MR) is 66.1 cm³/mol. The van der Waals surface area contributed by atoms with Crippen molar-refractivity contribution in [3.8, 4) is 0 Å². The zero-order chi connectivity index (χ0) is 13.3. The molecule has 5 heteroatoms. The number of rotatable bonds is 4. The summed E-state index contributed by atoms with van der Waals surface area (Å²) in [5, 5.41) is 18.8. The van der Waals surface area contributed by atoms with E-state index in [1.807, 2.05) is 0 Å². The van der Waals surface area contributed by atoms with Crippen molar-refractivity contribution in [2.75, 3.05) is 6.61 Å². The largest absolute Gasteiger partial charge is 0.478 e. The van der Waals surface area contributed by atoms with Crippen LogP contribution in [0.4, 0.5) is 0 Å². The van der Waals surface area contributed by atoms with Crippen LogP contribution >= 0.6 is 0 Å². The minimum absolute atomic E-state index is 0.116. The molecule has 1 heterocycles. The van der Waals surface area contributed by atoms with E-state index in [4.69, 9.17) is 5.11 Å². The molecule has 0 saturated heterocycles. The Bertz CT molecular complexity index is 627. The summed E-state index contributed by atoms with van der Waals surface area (Å²) in [5.74, 6) is -1.04. The van der Waals surface area contributed by atoms with E-state index in [0.29, 0.717) is 22.8 Å². The molecule has 1 aromatic heterocycles. The van der Waals surface area contributed by atoms with Gasteiger partial charge in [0.25, 0.3) is 0 Å². The van der Waals surface area contributed by atoms with E-state index in [1.165, 1.54) is 0 Å². The zero-order valence-corrected chi connectivity index (χ0v) is 9.88. The molecule has 0 unspecified atom stereocenters. The Morgan fingerprint density at radius 1 is 1.44 bits per heavy atom. The van der Waals surface area contributed by atoms with Gasteiger partial charge in [-0.05, 0) is 24.6 Å². The van der Waals surface area contributed by atoms with Gasteiger partial charge in [0.15, 0.2) is 6.29 Å². The second-order valence-electron chi connectivity index (χ2n) is 4.13. The van der Waals surface area contributed by atoms with Crippen LogP contribution in [0.5, 0.6) is 0 Å². The average molecular weight is 247 g/mol. The Kier molecular flexibility index (Phi) is 3.16. The minimum Gasteiger partial charge on any atom is -0.478 e. The molecule has 0 bridgehead atoms. The molecule has 0 aliphatic carbocycles. The second-order valence-corrected chi connectivity index (χ2v) is 4.13. The van der Waals surface area contributed by atoms with Crippen molar-refractivity contribution in [2.45, 2.75) is 13.5 Å². The molecule has 0 spiro atoms. The fourth-order valence-electron chi connectivity index (χ4n) is 2.15. The van der Waals surface area contributed by atoms with Gasteiger partial charge in [0.05, 0.1) is 17.7 Å². The van der Waals surface area contributed by atoms with Crippen molar-refractivity contribution in [1.29, 1.82) is 0 Å². The molecular formula is C13H13NO4. The Balaban J connectivity index is 2.86. The van der Waals surface area contributed by atoms with Gasteiger partial charge in [0.2, 0.25) is 0 Å². The number of aldehydes is 1. The van der Waals surface area contributed by atoms with Gasteiger partial charge < -0.3 is 14.8 Å². The smallest absolute Gasteiger partial charge is 0.337 e. The first-order valence-corrected chi connectivity index (χ1v) is 5.51. The highest BCUT2D eigenvalue weighted by Gasteiger charge is 2.16. The third kappa shape index (κ3) is 1.89. The third-order valence-corrected chi connectivity index (χ3v) is 2.85. The van der Waals surface area contributed by atoms with Crippen LogP contribution in [0.2, 0.25) is 0 Å². The first kappa shape index (κ1) is 12.3. The molecule has 2 N–H and O–H groups in total. The summed E-state index contributed by atoms with van der Waals surface area (Å²) in [7, 11) is 0. The van der Waals surface area contributed by atoms with Crippen LogP contribution in [0.3, 0.4) is 0 Å². The number of aliphatic hydroxyl groups excluding tert-OH is 1. The van der Waals surface area contributed by atoms with E-state index in [2.05, 4.69) is 0 Å². The predicted octanol–water partition coefficient (Wildman–Crippen LogP) is 1.45. The molecule has 0 aliphatic rings. The highest BCUT2D eigenvalue weighted by molar-refractivity contribution is 6.07. The van der Waals surface area contributed by atoms with E-state index in [0.717, 1.165) is 5.56 Å². The van der Waals surface area contributed by atoms with Crippen LogP contribution in [-0.4, -0.2) is 33.6 Å². The number of aromatic carboxylic acids is 1. The number of aliphatic hydroxyl groups is 1. The van der Waals surface area contributed by atoms with E-state index in [-0.39, 0.29) is 18.7 Å². The van der Waals surface area contributed by atoms with E-state index >= 15 is 0 Å². The van der Waals surface area contributed by atoms with Crippen LogP contribution in [-0.2, 0) is 6.54 Å². The molecule has 1 aromatic carbocycles. The summed E-state index contributed by atoms with van der Waals surface area (Å²) in [6, 6.07) is 3.34. The molecule has 94 valence electrons. The molecule has 0 atom stereocenters. The first-order chi connectivity index (χ1) is 8.58. The molecule has 0 fully saturated rings. The number of carboxylic acid groups (broad SMARTS) is 1. The average Bonchev–Trinajstić information content (AvgIpc) is 2.66. The van der Waals surface area contributed by atoms with E-state index < -0.39 is 5.97 Å². The lowest BCUT2D eigenvalue weighted by molar-refractivity contribution is 0.0698. The number of hydrogen-bond acceptors (Lipinski definition) is 3. The number of nitrogens with zero attached hydrogens (tertiary/aromatic N) is 1. The van der Waals surface area contributed by atoms with Crippen molar-refractivity contribution < 1.29 is 19.8 Å². The van der Waals surface area contributed by atoms with Crippen molar-refractivity contribution >= 4 is 23.2 Å². The molecule has 2 aromatic rings. The van der Waals surface area contributed by atoms with Crippen molar-refractivity contribution in [3.05, 3.63) is 35.0 Å². The topological polar surface area (TPSA) is 79.5 Å². The standard InChI is InChI=1S/C13H13NO4/c1-8-4-10-9(7-16)6-14(2-3-15)12(10)11(5-8)13(17)18/h4-7,15H,2-3H2,1H3,(H,17,18). The van der Waals surface area contributed by atoms with Crippen LogP contribution in [0.25, 0.3) is 10.9 Å². The number of carboxylic acids is 1. The third-order valence-electron chi connectivity index (χ3n) is 2.85. The quantitative estimate of drug-likeness (QED) is 0.801. The zero-order valence-electron chi connectivity index (χ0n) is 9.88. The Morgan fingerprint density at radius 2 is 2.17 bits per heavy atom. The maximum atomic E-state index is 11.3. The van der Waals surface area contributed by atoms with Gasteiger partial charge in [-0.15, -0.1) is 0 Å². The normalized spacial score (nSPS) is 10.8. The molecule has 5 nitrogen and oxygen atoms in total. The van der Waals surface area contributed by atoms with Gasteiger partial charge in [-0.1, -0.05) is 0 Å². The fraction of sp³-hybridized carbons (Fsp3) is 0.231. The summed E-state index contributed by atoms with van der Waals surface area (Å²) >= 11 is 0. The summed E-state index contributed by atoms with van der Waals surface area (Å²) in [6.07, 6.45) is 2.26. The lowest BCUT2D eigenvalue weighted by Crippen LogP contribution is -2.05. The monoisotopic (exact) mass is 247 g/mol. The van der Waals surface area contributed by atoms with Gasteiger partial charge in [-0.25, -0.2) is 4.79 Å². The van der Waals surface area contributed by atoms with Crippen LogP contribution in [0.1, 0.15) is 26.3 Å². The van der Waals surface area contributed by atoms with Crippen molar-refractivity contribution in [1.82, 2.24) is 4.57 Å². The number of benzene rings is 1. The van der Waals surface area contributed by atoms with Gasteiger partial charge in [0, 0.05) is 23.7 Å². The first-order valence-electron chi connectivity index (χ1n) is 5.51. The van der Waals surface area contributed by atoms with Gasteiger partial charge in [0.1, 0.15) is 0 Å². The molecule has 0 saturated carbocycles. The number of carbonyl (C=O) groups excluding carboxylic acids is 1. The van der Waals surface area contributed by atoms with Gasteiger partial charge in [-0.2, -0.15) is 0 Å². The number of hydrogen-bond donors (Lipinski definition) is 2. The maximum Gasteiger partial charge on any atom is 0.337 e. The number of fused-ring (bicyclic) bond motifs is 1. The molecule has 18 heavy (non-hydrogen) atoms. The van der Waals surface area contributed by atoms with Gasteiger partial charge in [-0.3, -0.25) is 4.79 Å². The van der Waals surface area contributed by atoms with Crippen LogP contribution in [0.15, 0.2) is 18.3 Å². The summed E-state index contributed by atoms with van der Waals surface area (Å²) < 4.78 is 1.60. The molecule has 0 aliphatic heterocycles. The fourth-order valence-corrected chi connectivity index (χ4v) is 2.15. The molecule has 0 radical (unpaired) electrons. The van der Waals surface area contributed by atoms with Crippen molar-refractivity contribution in [2.24, 2.45) is 0 Å². The highest BCUT2D eigenvalue weighted by atomic mass is 16.4. The number of aryl methyl sites for hydroxylation is 1. The van der Waals surface area contributed by atoms with E-state index in [1.54, 1.807) is 29.8 Å². The summed E-state index contributed by atoms with van der Waals surface area (Å²) in [4.78, 5) is 22.3. The maximum absolute atomic E-state index is 11.3. The van der Waals surface area contributed by atoms with Gasteiger partial charge >= 0.3 is 5.97 Å². The molecule has 0 amide bonds. The Labute approximate surface area is 103 Å². The Morgan fingerprint density at radius 3 is 2.72 bits per heavy atom. The lowest BCUT2D eigenvalue weighted by atomic mass is 10.1. The van der Waals surface area contributed by atoms with Crippen LogP contribution in [0, 0.1) is 6.92 Å². The summed E-state index contributed by atoms with van der Waals surface area (Å²) in [6.45, 7) is 1.92. The lowest BCUT2D eigenvalue weighted by Gasteiger charge is -2.06. The second kappa shape index (κ2) is 4.62. The number of aromatic nitrogens is 1. The minimum atomic E-state index is -1.04. The van der Waals surface area contributed by atoms with E-state index in [9.17, 15) is 14.7 Å². The SMILES string of the molecule is Cc1cc(C(=O)O)c2c(c1)c(C=O)cn2CCO. The molecular weight excluding hydrogens is 234 g/mol.